The van der Waals surface area contributed by atoms with Crippen LogP contribution in [0.1, 0.15) is 30.9 Å². The van der Waals surface area contributed by atoms with Crippen molar-refractivity contribution in [2.75, 3.05) is 0 Å². The second kappa shape index (κ2) is 6.67. The van der Waals surface area contributed by atoms with E-state index in [0.29, 0.717) is 5.52 Å². The number of nitrogens with zero attached hydrogens (tertiary/aromatic N) is 2. The molecule has 1 aliphatic carbocycles. The summed E-state index contributed by atoms with van der Waals surface area (Å²) in [6.07, 6.45) is 1.58. The van der Waals surface area contributed by atoms with Gasteiger partial charge in [0.05, 0.1) is 22.3 Å². The molecule has 1 heterocycles. The highest BCUT2D eigenvalue weighted by Crippen LogP contribution is 2.36. The fraction of sp³-hybridized carbons (Fsp3) is 0.333. The summed E-state index contributed by atoms with van der Waals surface area (Å²) in [5.41, 5.74) is 1.03. The van der Waals surface area contributed by atoms with Crippen LogP contribution < -0.4 is 16.0 Å². The molecule has 1 saturated carbocycles. The minimum atomic E-state index is -3.75. The molecule has 7 nitrogen and oxygen atoms in total. The highest BCUT2D eigenvalue weighted by atomic mass is 32.2. The smallest absolute Gasteiger partial charge is 0.289 e. The number of hydrogen-bond donors (Lipinski definition) is 1. The molecule has 1 aliphatic rings. The third kappa shape index (κ3) is 3.65. The Kier molecular flexibility index (Phi) is 4.51. The largest absolute Gasteiger partial charge is 0.331 e. The third-order valence-corrected chi connectivity index (χ3v) is 7.06. The Bertz CT molecular complexity index is 1350. The highest BCUT2D eigenvalue weighted by molar-refractivity contribution is 7.89. The molecular formula is C21H23N3O4S. The highest BCUT2D eigenvalue weighted by Gasteiger charge is 2.41. The van der Waals surface area contributed by atoms with Gasteiger partial charge in [0.25, 0.3) is 5.56 Å². The van der Waals surface area contributed by atoms with Crippen LogP contribution in [0.15, 0.2) is 56.9 Å². The molecule has 0 bridgehead atoms. The van der Waals surface area contributed by atoms with Gasteiger partial charge in [0.2, 0.25) is 10.0 Å². The topological polar surface area (TPSA) is 90.2 Å². The molecule has 3 aromatic rings. The summed E-state index contributed by atoms with van der Waals surface area (Å²) >= 11 is 0. The molecule has 0 amide bonds. The van der Waals surface area contributed by atoms with Crippen LogP contribution >= 0.6 is 0 Å². The summed E-state index contributed by atoms with van der Waals surface area (Å²) in [4.78, 5) is 25.5. The van der Waals surface area contributed by atoms with E-state index in [-0.39, 0.29) is 16.8 Å². The van der Waals surface area contributed by atoms with Gasteiger partial charge in [-0.05, 0) is 50.5 Å². The van der Waals surface area contributed by atoms with Gasteiger partial charge < -0.3 is 0 Å². The monoisotopic (exact) mass is 413 g/mol. The Morgan fingerprint density at radius 3 is 2.48 bits per heavy atom. The summed E-state index contributed by atoms with van der Waals surface area (Å²) in [5, 5.41) is 0.198. The Hall–Kier alpha value is -2.71. The molecule has 1 aromatic heterocycles. The zero-order valence-electron chi connectivity index (χ0n) is 16.6. The molecule has 29 heavy (non-hydrogen) atoms. The summed E-state index contributed by atoms with van der Waals surface area (Å²) in [5.74, 6) is 0. The number of aromatic nitrogens is 2. The van der Waals surface area contributed by atoms with Crippen LogP contribution in [0.4, 0.5) is 0 Å². The van der Waals surface area contributed by atoms with Crippen molar-refractivity contribution < 1.29 is 8.42 Å². The standard InChI is InChI=1S/C21H23N3O4S/c1-14-5-4-6-15(11-14)13-24-18-8-7-16(29(27,28)22-21(2)9-10-21)12-17(18)19(25)23(3)20(24)26/h4-8,11-12,22H,9-10,13H2,1-3H3. The number of sulfonamides is 1. The second-order valence-electron chi connectivity index (χ2n) is 8.07. The van der Waals surface area contributed by atoms with Crippen LogP contribution in [0.3, 0.4) is 0 Å². The van der Waals surface area contributed by atoms with Crippen molar-refractivity contribution in [1.29, 1.82) is 0 Å². The average Bonchev–Trinajstić information content (AvgIpc) is 3.39. The molecule has 0 radical (unpaired) electrons. The predicted molar refractivity (Wildman–Crippen MR) is 112 cm³/mol. The first-order valence-electron chi connectivity index (χ1n) is 9.43. The first-order chi connectivity index (χ1) is 13.6. The lowest BCUT2D eigenvalue weighted by atomic mass is 10.1. The van der Waals surface area contributed by atoms with Crippen molar-refractivity contribution in [3.63, 3.8) is 0 Å². The summed E-state index contributed by atoms with van der Waals surface area (Å²) in [6.45, 7) is 4.10. The fourth-order valence-electron chi connectivity index (χ4n) is 3.46. The first-order valence-corrected chi connectivity index (χ1v) is 10.9. The Balaban J connectivity index is 1.87. The van der Waals surface area contributed by atoms with Crippen LogP contribution in [0.2, 0.25) is 0 Å². The van der Waals surface area contributed by atoms with E-state index < -0.39 is 26.8 Å². The molecular weight excluding hydrogens is 390 g/mol. The lowest BCUT2D eigenvalue weighted by molar-refractivity contribution is 0.558. The number of hydrogen-bond acceptors (Lipinski definition) is 4. The van der Waals surface area contributed by atoms with Crippen LogP contribution in [-0.2, 0) is 23.6 Å². The zero-order chi connectivity index (χ0) is 21.0. The van der Waals surface area contributed by atoms with Crippen LogP contribution in [0.5, 0.6) is 0 Å². The van der Waals surface area contributed by atoms with Gasteiger partial charge in [0.1, 0.15) is 0 Å². The van der Waals surface area contributed by atoms with Crippen molar-refractivity contribution in [2.45, 2.75) is 43.7 Å². The van der Waals surface area contributed by atoms with Crippen LogP contribution in [0.25, 0.3) is 10.9 Å². The quantitative estimate of drug-likeness (QED) is 0.692. The van der Waals surface area contributed by atoms with Crippen molar-refractivity contribution in [2.24, 2.45) is 7.05 Å². The van der Waals surface area contributed by atoms with E-state index >= 15 is 0 Å². The molecule has 1 N–H and O–H groups in total. The number of benzene rings is 2. The Labute approximate surface area is 168 Å². The number of rotatable bonds is 5. The molecule has 0 saturated heterocycles. The SMILES string of the molecule is Cc1cccc(Cn2c(=O)n(C)c(=O)c3cc(S(=O)(=O)NC4(C)CC4)ccc32)c1. The lowest BCUT2D eigenvalue weighted by Crippen LogP contribution is -2.38. The molecule has 2 aromatic carbocycles. The van der Waals surface area contributed by atoms with Gasteiger partial charge >= 0.3 is 5.69 Å². The molecule has 8 heteroatoms. The van der Waals surface area contributed by atoms with E-state index in [9.17, 15) is 18.0 Å². The van der Waals surface area contributed by atoms with Crippen molar-refractivity contribution in [1.82, 2.24) is 13.9 Å². The molecule has 0 aliphatic heterocycles. The van der Waals surface area contributed by atoms with Gasteiger partial charge in [-0.3, -0.25) is 13.9 Å². The van der Waals surface area contributed by atoms with E-state index in [2.05, 4.69) is 4.72 Å². The van der Waals surface area contributed by atoms with E-state index in [1.165, 1.54) is 29.8 Å². The molecule has 152 valence electrons. The molecule has 0 atom stereocenters. The van der Waals surface area contributed by atoms with E-state index in [4.69, 9.17) is 0 Å². The minimum Gasteiger partial charge on any atom is -0.289 e. The number of aryl methyl sites for hydroxylation is 1. The molecule has 0 spiro atoms. The molecule has 0 unspecified atom stereocenters. The fourth-order valence-corrected chi connectivity index (χ4v) is 4.95. The normalized spacial score (nSPS) is 15.6. The van der Waals surface area contributed by atoms with Crippen molar-refractivity contribution >= 4 is 20.9 Å². The van der Waals surface area contributed by atoms with E-state index in [1.54, 1.807) is 0 Å². The molecule has 4 rings (SSSR count). The minimum absolute atomic E-state index is 0.0241. The van der Waals surface area contributed by atoms with Gasteiger partial charge in [0.15, 0.2) is 0 Å². The lowest BCUT2D eigenvalue weighted by Gasteiger charge is -2.15. The third-order valence-electron chi connectivity index (χ3n) is 5.43. The number of fused-ring (bicyclic) bond motifs is 1. The maximum Gasteiger partial charge on any atom is 0.331 e. The van der Waals surface area contributed by atoms with Gasteiger partial charge in [-0.1, -0.05) is 29.8 Å². The Morgan fingerprint density at radius 1 is 1.10 bits per heavy atom. The van der Waals surface area contributed by atoms with Gasteiger partial charge in [-0.25, -0.2) is 17.9 Å². The summed E-state index contributed by atoms with van der Waals surface area (Å²) in [6, 6.07) is 12.1. The first kappa shape index (κ1) is 19.6. The summed E-state index contributed by atoms with van der Waals surface area (Å²) in [7, 11) is -2.35. The van der Waals surface area contributed by atoms with Gasteiger partial charge in [-0.15, -0.1) is 0 Å². The second-order valence-corrected chi connectivity index (χ2v) is 9.75. The van der Waals surface area contributed by atoms with Gasteiger partial charge in [0, 0.05) is 12.6 Å². The van der Waals surface area contributed by atoms with Gasteiger partial charge in [-0.2, -0.15) is 0 Å². The number of nitrogens with one attached hydrogen (secondary N) is 1. The van der Waals surface area contributed by atoms with Crippen LogP contribution in [-0.4, -0.2) is 23.1 Å². The van der Waals surface area contributed by atoms with E-state index in [1.807, 2.05) is 38.1 Å². The van der Waals surface area contributed by atoms with E-state index in [0.717, 1.165) is 28.5 Å². The maximum atomic E-state index is 12.8. The maximum absolute atomic E-state index is 12.8. The zero-order valence-corrected chi connectivity index (χ0v) is 17.4. The predicted octanol–water partition coefficient (Wildman–Crippen LogP) is 1.89. The van der Waals surface area contributed by atoms with Crippen molar-refractivity contribution in [3.8, 4) is 0 Å². The summed E-state index contributed by atoms with van der Waals surface area (Å²) < 4.78 is 30.6. The van der Waals surface area contributed by atoms with Crippen molar-refractivity contribution in [3.05, 3.63) is 74.4 Å². The van der Waals surface area contributed by atoms with Crippen LogP contribution in [0, 0.1) is 6.92 Å². The molecule has 1 fully saturated rings. The Morgan fingerprint density at radius 2 is 1.83 bits per heavy atom. The average molecular weight is 413 g/mol.